The minimum absolute atomic E-state index is 0.334. The second-order valence-electron chi connectivity index (χ2n) is 3.97. The van der Waals surface area contributed by atoms with Crippen molar-refractivity contribution in [3.05, 3.63) is 28.8 Å². The number of halogens is 1. The Labute approximate surface area is 105 Å². The fourth-order valence-corrected chi connectivity index (χ4v) is 1.26. The van der Waals surface area contributed by atoms with Crippen molar-refractivity contribution in [3.63, 3.8) is 0 Å². The lowest BCUT2D eigenvalue weighted by Crippen LogP contribution is -2.39. The van der Waals surface area contributed by atoms with E-state index in [0.29, 0.717) is 16.3 Å². The summed E-state index contributed by atoms with van der Waals surface area (Å²) in [6, 6.07) is 6.66. The molecule has 0 aromatic heterocycles. The molecule has 5 heteroatoms. The molecule has 0 aliphatic carbocycles. The Balaban J connectivity index is 3.00. The fourth-order valence-electron chi connectivity index (χ4n) is 1.08. The van der Waals surface area contributed by atoms with E-state index in [2.05, 4.69) is 5.32 Å². The molecule has 1 N–H and O–H groups in total. The minimum atomic E-state index is -0.963. The number of hydrogen-bond acceptors (Lipinski definition) is 3. The first kappa shape index (κ1) is 13.5. The van der Waals surface area contributed by atoms with Crippen LogP contribution in [0.1, 0.15) is 19.4 Å². The normalized spacial score (nSPS) is 10.8. The highest BCUT2D eigenvalue weighted by molar-refractivity contribution is 6.31. The van der Waals surface area contributed by atoms with Gasteiger partial charge in [-0.1, -0.05) is 11.6 Å². The molecule has 0 heterocycles. The van der Waals surface area contributed by atoms with E-state index in [-0.39, 0.29) is 5.91 Å². The Bertz CT molecular complexity index is 478. The lowest BCUT2D eigenvalue weighted by atomic mass is 10.1. The Morgan fingerprint density at radius 1 is 1.53 bits per heavy atom. The van der Waals surface area contributed by atoms with Crippen molar-refractivity contribution in [2.24, 2.45) is 0 Å². The van der Waals surface area contributed by atoms with Gasteiger partial charge in [0.05, 0.1) is 11.3 Å². The summed E-state index contributed by atoms with van der Waals surface area (Å²) in [6.07, 6.45) is 0. The van der Waals surface area contributed by atoms with Crippen LogP contribution < -0.4 is 5.32 Å². The summed E-state index contributed by atoms with van der Waals surface area (Å²) < 4.78 is 5.05. The van der Waals surface area contributed by atoms with Gasteiger partial charge in [-0.15, -0.1) is 0 Å². The smallest absolute Gasteiger partial charge is 0.256 e. The van der Waals surface area contributed by atoms with Crippen molar-refractivity contribution in [1.29, 1.82) is 5.26 Å². The highest BCUT2D eigenvalue weighted by Gasteiger charge is 2.27. The zero-order valence-electron chi connectivity index (χ0n) is 9.87. The van der Waals surface area contributed by atoms with Crippen molar-refractivity contribution in [2.45, 2.75) is 19.4 Å². The van der Waals surface area contributed by atoms with Gasteiger partial charge in [0.1, 0.15) is 11.7 Å². The van der Waals surface area contributed by atoms with E-state index in [4.69, 9.17) is 21.6 Å². The van der Waals surface area contributed by atoms with Crippen LogP contribution in [0.2, 0.25) is 5.02 Å². The largest absolute Gasteiger partial charge is 0.369 e. The summed E-state index contributed by atoms with van der Waals surface area (Å²) in [7, 11) is 1.45. The van der Waals surface area contributed by atoms with Crippen molar-refractivity contribution in [3.8, 4) is 6.07 Å². The first-order valence-electron chi connectivity index (χ1n) is 4.97. The Kier molecular flexibility index (Phi) is 4.11. The summed E-state index contributed by atoms with van der Waals surface area (Å²) in [5, 5.41) is 12.0. The number of nitrogens with one attached hydrogen (secondary N) is 1. The van der Waals surface area contributed by atoms with Crippen molar-refractivity contribution in [2.75, 3.05) is 12.4 Å². The van der Waals surface area contributed by atoms with Crippen molar-refractivity contribution in [1.82, 2.24) is 0 Å². The maximum Gasteiger partial charge on any atom is 0.256 e. The molecule has 17 heavy (non-hydrogen) atoms. The molecule has 90 valence electrons. The number of rotatable bonds is 3. The fraction of sp³-hybridized carbons (Fsp3) is 0.333. The molecule has 0 aliphatic rings. The average molecular weight is 253 g/mol. The van der Waals surface area contributed by atoms with Gasteiger partial charge in [-0.05, 0) is 32.0 Å². The zero-order chi connectivity index (χ0) is 13.1. The van der Waals surface area contributed by atoms with Crippen LogP contribution in [0.25, 0.3) is 0 Å². The highest BCUT2D eigenvalue weighted by atomic mass is 35.5. The lowest BCUT2D eigenvalue weighted by Gasteiger charge is -2.22. The first-order valence-corrected chi connectivity index (χ1v) is 5.35. The number of nitrogens with zero attached hydrogens (tertiary/aromatic N) is 1. The molecule has 0 aliphatic heterocycles. The Hall–Kier alpha value is -1.57. The van der Waals surface area contributed by atoms with Crippen LogP contribution in [-0.4, -0.2) is 18.6 Å². The van der Waals surface area contributed by atoms with E-state index >= 15 is 0 Å². The quantitative estimate of drug-likeness (QED) is 0.899. The predicted molar refractivity (Wildman–Crippen MR) is 65.9 cm³/mol. The number of hydrogen-bond donors (Lipinski definition) is 1. The third-order valence-corrected chi connectivity index (χ3v) is 2.64. The SMILES string of the molecule is COC(C)(C)C(=O)Nc1cc(Cl)ccc1C#N. The summed E-state index contributed by atoms with van der Waals surface area (Å²) in [5.41, 5.74) is -0.223. The maximum absolute atomic E-state index is 11.9. The predicted octanol–water partition coefficient (Wildman–Crippen LogP) is 2.58. The molecular formula is C12H13ClN2O2. The van der Waals surface area contributed by atoms with E-state index in [0.717, 1.165) is 0 Å². The van der Waals surface area contributed by atoms with Gasteiger partial charge < -0.3 is 10.1 Å². The van der Waals surface area contributed by atoms with Crippen molar-refractivity contribution < 1.29 is 9.53 Å². The molecule has 0 bridgehead atoms. The monoisotopic (exact) mass is 252 g/mol. The molecule has 4 nitrogen and oxygen atoms in total. The Morgan fingerprint density at radius 3 is 2.71 bits per heavy atom. The molecule has 0 saturated carbocycles. The minimum Gasteiger partial charge on any atom is -0.369 e. The molecular weight excluding hydrogens is 240 g/mol. The van der Waals surface area contributed by atoms with Crippen LogP contribution in [0.3, 0.4) is 0 Å². The number of carbonyl (C=O) groups is 1. The molecule has 0 fully saturated rings. The third kappa shape index (κ3) is 3.19. The number of ether oxygens (including phenoxy) is 1. The summed E-state index contributed by atoms with van der Waals surface area (Å²) in [5.74, 6) is -0.334. The van der Waals surface area contributed by atoms with Gasteiger partial charge in [0.15, 0.2) is 0 Å². The zero-order valence-corrected chi connectivity index (χ0v) is 10.6. The van der Waals surface area contributed by atoms with E-state index in [1.54, 1.807) is 26.0 Å². The molecule has 0 radical (unpaired) electrons. The average Bonchev–Trinajstić information content (AvgIpc) is 2.29. The van der Waals surface area contributed by atoms with Crippen LogP contribution in [0.15, 0.2) is 18.2 Å². The van der Waals surface area contributed by atoms with Crippen LogP contribution in [0.4, 0.5) is 5.69 Å². The summed E-state index contributed by atoms with van der Waals surface area (Å²) in [4.78, 5) is 11.9. The van der Waals surface area contributed by atoms with Gasteiger partial charge in [-0.25, -0.2) is 0 Å². The number of methoxy groups -OCH3 is 1. The standard InChI is InChI=1S/C12H13ClN2O2/c1-12(2,17-3)11(16)15-10-6-9(13)5-4-8(10)7-14/h4-6H,1-3H3,(H,15,16). The molecule has 1 rings (SSSR count). The van der Waals surface area contributed by atoms with Gasteiger partial charge in [0.25, 0.3) is 5.91 Å². The molecule has 0 unspecified atom stereocenters. The van der Waals surface area contributed by atoms with Gasteiger partial charge in [0, 0.05) is 12.1 Å². The van der Waals surface area contributed by atoms with E-state index in [1.165, 1.54) is 13.2 Å². The van der Waals surface area contributed by atoms with E-state index < -0.39 is 5.60 Å². The molecule has 1 amide bonds. The summed E-state index contributed by atoms with van der Waals surface area (Å²) >= 11 is 5.81. The number of anilines is 1. The number of carbonyl (C=O) groups excluding carboxylic acids is 1. The van der Waals surface area contributed by atoms with Gasteiger partial charge in [0.2, 0.25) is 0 Å². The first-order chi connectivity index (χ1) is 7.90. The Morgan fingerprint density at radius 2 is 2.18 bits per heavy atom. The van der Waals surface area contributed by atoms with Gasteiger partial charge in [-0.2, -0.15) is 5.26 Å². The molecule has 1 aromatic rings. The molecule has 0 spiro atoms. The maximum atomic E-state index is 11.9. The second kappa shape index (κ2) is 5.17. The second-order valence-corrected chi connectivity index (χ2v) is 4.41. The number of nitriles is 1. The van der Waals surface area contributed by atoms with E-state index in [9.17, 15) is 4.79 Å². The van der Waals surface area contributed by atoms with E-state index in [1.807, 2.05) is 6.07 Å². The van der Waals surface area contributed by atoms with Crippen LogP contribution >= 0.6 is 11.6 Å². The topological polar surface area (TPSA) is 62.1 Å². The molecule has 0 atom stereocenters. The van der Waals surface area contributed by atoms with Gasteiger partial charge >= 0.3 is 0 Å². The molecule has 1 aromatic carbocycles. The number of benzene rings is 1. The van der Waals surface area contributed by atoms with Crippen LogP contribution in [-0.2, 0) is 9.53 Å². The van der Waals surface area contributed by atoms with Crippen LogP contribution in [0.5, 0.6) is 0 Å². The summed E-state index contributed by atoms with van der Waals surface area (Å²) in [6.45, 7) is 3.28. The number of amides is 1. The van der Waals surface area contributed by atoms with Crippen LogP contribution in [0, 0.1) is 11.3 Å². The third-order valence-electron chi connectivity index (χ3n) is 2.41. The van der Waals surface area contributed by atoms with Crippen molar-refractivity contribution >= 4 is 23.2 Å². The molecule has 0 saturated heterocycles. The lowest BCUT2D eigenvalue weighted by molar-refractivity contribution is -0.133. The highest BCUT2D eigenvalue weighted by Crippen LogP contribution is 2.22. The van der Waals surface area contributed by atoms with Gasteiger partial charge in [-0.3, -0.25) is 4.79 Å².